The van der Waals surface area contributed by atoms with E-state index in [0.29, 0.717) is 54.6 Å². The van der Waals surface area contributed by atoms with Gasteiger partial charge in [0.15, 0.2) is 0 Å². The molecule has 8 heteroatoms. The van der Waals surface area contributed by atoms with Crippen LogP contribution in [0.3, 0.4) is 0 Å². The van der Waals surface area contributed by atoms with Crippen molar-refractivity contribution in [3.63, 3.8) is 0 Å². The molecule has 0 radical (unpaired) electrons. The second kappa shape index (κ2) is 10.9. The highest BCUT2D eigenvalue weighted by Crippen LogP contribution is 2.25. The number of amides is 1. The van der Waals surface area contributed by atoms with Crippen LogP contribution in [-0.2, 0) is 16.0 Å². The molecule has 1 atom stereocenters. The van der Waals surface area contributed by atoms with Crippen LogP contribution in [0.25, 0.3) is 11.4 Å². The monoisotopic (exact) mass is 439 g/mol. The minimum atomic E-state index is -0.322. The first-order valence-corrected chi connectivity index (χ1v) is 10.9. The number of carbonyl (C=O) groups is 1. The lowest BCUT2D eigenvalue weighted by Gasteiger charge is -2.23. The molecule has 7 nitrogen and oxygen atoms in total. The number of anilines is 1. The predicted molar refractivity (Wildman–Crippen MR) is 117 cm³/mol. The number of ether oxygens (including phenoxy) is 2. The molecule has 0 spiro atoms. The summed E-state index contributed by atoms with van der Waals surface area (Å²) in [5.74, 6) is 1.03. The summed E-state index contributed by atoms with van der Waals surface area (Å²) in [7, 11) is 0. The second-order valence-corrected chi connectivity index (χ2v) is 7.72. The van der Waals surface area contributed by atoms with Crippen molar-refractivity contribution in [2.24, 2.45) is 0 Å². The maximum absolute atomic E-state index is 13.0. The summed E-state index contributed by atoms with van der Waals surface area (Å²) in [5, 5.41) is 6.83. The van der Waals surface area contributed by atoms with Gasteiger partial charge in [0.25, 0.3) is 0 Å². The van der Waals surface area contributed by atoms with Crippen LogP contribution in [0.15, 0.2) is 53.1 Å². The van der Waals surface area contributed by atoms with Crippen molar-refractivity contribution in [2.45, 2.75) is 44.6 Å². The van der Waals surface area contributed by atoms with Gasteiger partial charge in [0.2, 0.25) is 17.6 Å². The Bertz CT molecular complexity index is 1020. The van der Waals surface area contributed by atoms with E-state index >= 15 is 0 Å². The van der Waals surface area contributed by atoms with Gasteiger partial charge in [0, 0.05) is 25.0 Å². The van der Waals surface area contributed by atoms with Crippen LogP contribution in [0.4, 0.5) is 10.1 Å². The number of aryl methyl sites for hydroxylation is 1. The van der Waals surface area contributed by atoms with Gasteiger partial charge in [-0.25, -0.2) is 4.39 Å². The molecule has 1 aliphatic rings. The van der Waals surface area contributed by atoms with Crippen LogP contribution in [0.1, 0.15) is 38.0 Å². The zero-order chi connectivity index (χ0) is 22.2. The Kier molecular flexibility index (Phi) is 7.45. The van der Waals surface area contributed by atoms with Gasteiger partial charge in [-0.2, -0.15) is 4.98 Å². The molecule has 4 rings (SSSR count). The zero-order valence-electron chi connectivity index (χ0n) is 17.8. The van der Waals surface area contributed by atoms with Crippen LogP contribution in [0.5, 0.6) is 5.75 Å². The summed E-state index contributed by atoms with van der Waals surface area (Å²) >= 11 is 0. The Labute approximate surface area is 185 Å². The average molecular weight is 439 g/mol. The van der Waals surface area contributed by atoms with Gasteiger partial charge in [-0.05, 0) is 62.1 Å². The maximum Gasteiger partial charge on any atom is 0.226 e. The standard InChI is InChI=1S/C24H26FN3O4/c25-18-13-11-17(12-14-18)24-27-23(32-28-24)10-5-9-22(29)26-20-7-1-2-8-21(20)31-16-19-6-3-4-15-30-19/h1-2,7-8,11-14,19H,3-6,9-10,15-16H2,(H,26,29). The fourth-order valence-corrected chi connectivity index (χ4v) is 3.50. The molecule has 32 heavy (non-hydrogen) atoms. The number of rotatable bonds is 9. The Morgan fingerprint density at radius 3 is 2.81 bits per heavy atom. The molecule has 0 aliphatic carbocycles. The number of carbonyl (C=O) groups excluding carboxylic acids is 1. The summed E-state index contributed by atoms with van der Waals surface area (Å²) in [4.78, 5) is 16.7. The fourth-order valence-electron chi connectivity index (χ4n) is 3.50. The minimum absolute atomic E-state index is 0.0988. The predicted octanol–water partition coefficient (Wildman–Crippen LogP) is 4.79. The van der Waals surface area contributed by atoms with E-state index in [1.54, 1.807) is 12.1 Å². The van der Waals surface area contributed by atoms with Crippen molar-refractivity contribution in [1.82, 2.24) is 10.1 Å². The van der Waals surface area contributed by atoms with Crippen LogP contribution in [-0.4, -0.2) is 35.4 Å². The molecule has 1 aliphatic heterocycles. The molecule has 168 valence electrons. The van der Waals surface area contributed by atoms with Gasteiger partial charge in [-0.1, -0.05) is 17.3 Å². The molecule has 2 aromatic carbocycles. The molecule has 1 unspecified atom stereocenters. The van der Waals surface area contributed by atoms with Gasteiger partial charge in [-0.15, -0.1) is 0 Å². The average Bonchev–Trinajstić information content (AvgIpc) is 3.28. The van der Waals surface area contributed by atoms with Crippen LogP contribution in [0.2, 0.25) is 0 Å². The molecule has 1 fully saturated rings. The Morgan fingerprint density at radius 1 is 1.16 bits per heavy atom. The first-order valence-electron chi connectivity index (χ1n) is 10.9. The number of benzene rings is 2. The van der Waals surface area contributed by atoms with Crippen molar-refractivity contribution in [3.05, 3.63) is 60.2 Å². The van der Waals surface area contributed by atoms with E-state index in [1.807, 2.05) is 24.3 Å². The number of para-hydroxylation sites is 2. The summed E-state index contributed by atoms with van der Waals surface area (Å²) < 4.78 is 29.9. The molecule has 1 saturated heterocycles. The lowest BCUT2D eigenvalue weighted by molar-refractivity contribution is -0.116. The molecule has 1 aromatic heterocycles. The molecular weight excluding hydrogens is 413 g/mol. The summed E-state index contributed by atoms with van der Waals surface area (Å²) in [6, 6.07) is 13.3. The number of hydrogen-bond donors (Lipinski definition) is 1. The highest BCUT2D eigenvalue weighted by Gasteiger charge is 2.16. The van der Waals surface area contributed by atoms with Gasteiger partial charge in [-0.3, -0.25) is 4.79 Å². The fraction of sp³-hybridized carbons (Fsp3) is 0.375. The third kappa shape index (κ3) is 6.13. The Morgan fingerprint density at radius 2 is 2.00 bits per heavy atom. The number of halogens is 1. The van der Waals surface area contributed by atoms with Crippen molar-refractivity contribution < 1.29 is 23.2 Å². The van der Waals surface area contributed by atoms with E-state index in [2.05, 4.69) is 15.5 Å². The zero-order valence-corrected chi connectivity index (χ0v) is 17.8. The third-order valence-corrected chi connectivity index (χ3v) is 5.22. The van der Waals surface area contributed by atoms with E-state index in [0.717, 1.165) is 25.9 Å². The number of hydrogen-bond acceptors (Lipinski definition) is 6. The molecule has 3 aromatic rings. The molecule has 0 saturated carbocycles. The van der Waals surface area contributed by atoms with Crippen LogP contribution in [0, 0.1) is 5.82 Å². The van der Waals surface area contributed by atoms with Gasteiger partial charge in [0.05, 0.1) is 11.8 Å². The molecule has 0 bridgehead atoms. The van der Waals surface area contributed by atoms with E-state index in [9.17, 15) is 9.18 Å². The quantitative estimate of drug-likeness (QED) is 0.516. The van der Waals surface area contributed by atoms with Crippen LogP contribution < -0.4 is 10.1 Å². The van der Waals surface area contributed by atoms with E-state index in [1.165, 1.54) is 12.1 Å². The van der Waals surface area contributed by atoms with Gasteiger partial charge < -0.3 is 19.3 Å². The minimum Gasteiger partial charge on any atom is -0.489 e. The van der Waals surface area contributed by atoms with E-state index in [-0.39, 0.29) is 17.8 Å². The largest absolute Gasteiger partial charge is 0.489 e. The van der Waals surface area contributed by atoms with E-state index in [4.69, 9.17) is 14.0 Å². The van der Waals surface area contributed by atoms with Gasteiger partial charge in [0.1, 0.15) is 18.2 Å². The van der Waals surface area contributed by atoms with Crippen molar-refractivity contribution in [1.29, 1.82) is 0 Å². The number of aromatic nitrogens is 2. The van der Waals surface area contributed by atoms with Gasteiger partial charge >= 0.3 is 0 Å². The summed E-state index contributed by atoms with van der Waals surface area (Å²) in [6.45, 7) is 1.25. The summed E-state index contributed by atoms with van der Waals surface area (Å²) in [5.41, 5.74) is 1.32. The SMILES string of the molecule is O=C(CCCc1nc(-c2ccc(F)cc2)no1)Nc1ccccc1OCC1CCCCO1. The van der Waals surface area contributed by atoms with Crippen LogP contribution >= 0.6 is 0 Å². The highest BCUT2D eigenvalue weighted by molar-refractivity contribution is 5.92. The van der Waals surface area contributed by atoms with Crippen molar-refractivity contribution in [3.8, 4) is 17.1 Å². The lowest BCUT2D eigenvalue weighted by Crippen LogP contribution is -2.26. The van der Waals surface area contributed by atoms with Crippen molar-refractivity contribution in [2.75, 3.05) is 18.5 Å². The number of nitrogens with zero attached hydrogens (tertiary/aromatic N) is 2. The molecular formula is C24H26FN3O4. The molecule has 1 N–H and O–H groups in total. The second-order valence-electron chi connectivity index (χ2n) is 7.72. The molecule has 2 heterocycles. The Balaban J connectivity index is 1.24. The third-order valence-electron chi connectivity index (χ3n) is 5.22. The van der Waals surface area contributed by atoms with Crippen molar-refractivity contribution >= 4 is 11.6 Å². The Hall–Kier alpha value is -3.26. The topological polar surface area (TPSA) is 86.5 Å². The van der Waals surface area contributed by atoms with E-state index < -0.39 is 0 Å². The first-order chi connectivity index (χ1) is 15.7. The normalized spacial score (nSPS) is 16.0. The lowest BCUT2D eigenvalue weighted by atomic mass is 10.1. The smallest absolute Gasteiger partial charge is 0.226 e. The highest BCUT2D eigenvalue weighted by atomic mass is 19.1. The first kappa shape index (κ1) is 22.0. The number of nitrogens with one attached hydrogen (secondary N) is 1. The summed E-state index contributed by atoms with van der Waals surface area (Å²) in [6.07, 6.45) is 4.66. The molecule has 1 amide bonds. The maximum atomic E-state index is 13.0.